The van der Waals surface area contributed by atoms with E-state index in [1.807, 2.05) is 30.3 Å². The quantitative estimate of drug-likeness (QED) is 0.319. The van der Waals surface area contributed by atoms with Gasteiger partial charge in [-0.15, -0.1) is 0 Å². The highest BCUT2D eigenvalue weighted by Crippen LogP contribution is 2.31. The molecular weight excluding hydrogens is 510 g/mol. The number of para-hydroxylation sites is 1. The predicted octanol–water partition coefficient (Wildman–Crippen LogP) is 3.86. The summed E-state index contributed by atoms with van der Waals surface area (Å²) in [6.07, 6.45) is 3.17. The number of amides is 1. The molecule has 0 saturated carbocycles. The van der Waals surface area contributed by atoms with Crippen molar-refractivity contribution in [2.75, 3.05) is 25.3 Å². The second kappa shape index (κ2) is 10.7. The Morgan fingerprint density at radius 2 is 1.68 bits per heavy atom. The van der Waals surface area contributed by atoms with Gasteiger partial charge in [0.2, 0.25) is 0 Å². The summed E-state index contributed by atoms with van der Waals surface area (Å²) in [7, 11) is 4.79. The standard InChI is InChI=1S/C29H27N7O4/c1-17-24(29(38)36(35(17)2)21-8-6-5-7-9-21)27(37)33-20-12-10-18(11-13-20)25-26(30)31-16-22(34-25)19-14-23(39-3)28(40-4)32-15-19/h5-16H,1-4H3,(H2,30,31)(H,33,37). The van der Waals surface area contributed by atoms with Crippen LogP contribution in [0.2, 0.25) is 0 Å². The van der Waals surface area contributed by atoms with Gasteiger partial charge in [-0.3, -0.25) is 14.3 Å². The zero-order chi connectivity index (χ0) is 28.4. The van der Waals surface area contributed by atoms with Crippen LogP contribution in [0.5, 0.6) is 11.6 Å². The molecule has 2 aromatic carbocycles. The van der Waals surface area contributed by atoms with Crippen LogP contribution in [0.3, 0.4) is 0 Å². The molecule has 0 aliphatic heterocycles. The molecule has 0 radical (unpaired) electrons. The van der Waals surface area contributed by atoms with Gasteiger partial charge in [-0.05, 0) is 37.3 Å². The average Bonchev–Trinajstić information content (AvgIpc) is 3.21. The van der Waals surface area contributed by atoms with Crippen molar-refractivity contribution in [3.05, 3.63) is 94.7 Å². The third-order valence-electron chi connectivity index (χ3n) is 6.53. The van der Waals surface area contributed by atoms with Crippen molar-refractivity contribution in [3.63, 3.8) is 0 Å². The number of benzene rings is 2. The number of hydrogen-bond donors (Lipinski definition) is 2. The van der Waals surface area contributed by atoms with E-state index in [9.17, 15) is 9.59 Å². The molecule has 0 saturated heterocycles. The smallest absolute Gasteiger partial charge is 0.284 e. The molecule has 202 valence electrons. The zero-order valence-corrected chi connectivity index (χ0v) is 22.4. The highest BCUT2D eigenvalue weighted by atomic mass is 16.5. The number of nitrogen functional groups attached to an aromatic ring is 1. The largest absolute Gasteiger partial charge is 0.491 e. The first kappa shape index (κ1) is 26.2. The first-order chi connectivity index (χ1) is 19.3. The number of ether oxygens (including phenoxy) is 2. The van der Waals surface area contributed by atoms with Gasteiger partial charge < -0.3 is 20.5 Å². The van der Waals surface area contributed by atoms with E-state index in [1.54, 1.807) is 61.4 Å². The molecule has 0 aliphatic rings. The van der Waals surface area contributed by atoms with Crippen molar-refractivity contribution in [1.82, 2.24) is 24.3 Å². The number of carbonyl (C=O) groups is 1. The number of nitrogens with one attached hydrogen (secondary N) is 1. The summed E-state index contributed by atoms with van der Waals surface area (Å²) in [5, 5.41) is 2.82. The Morgan fingerprint density at radius 3 is 2.35 bits per heavy atom. The molecule has 0 fully saturated rings. The number of pyridine rings is 1. The molecule has 11 nitrogen and oxygen atoms in total. The van der Waals surface area contributed by atoms with Crippen molar-refractivity contribution >= 4 is 17.4 Å². The molecule has 3 N–H and O–H groups in total. The number of rotatable bonds is 7. The van der Waals surface area contributed by atoms with Crippen LogP contribution in [0.15, 0.2) is 77.9 Å². The van der Waals surface area contributed by atoms with Gasteiger partial charge >= 0.3 is 0 Å². The average molecular weight is 538 g/mol. The highest BCUT2D eigenvalue weighted by Gasteiger charge is 2.22. The fraction of sp³-hybridized carbons (Fsp3) is 0.138. The Hall–Kier alpha value is -5.45. The van der Waals surface area contributed by atoms with Gasteiger partial charge in [-0.2, -0.15) is 0 Å². The normalized spacial score (nSPS) is 10.8. The number of nitrogens with zero attached hydrogens (tertiary/aromatic N) is 5. The van der Waals surface area contributed by atoms with Crippen molar-refractivity contribution < 1.29 is 14.3 Å². The molecule has 1 amide bonds. The molecule has 5 aromatic rings. The van der Waals surface area contributed by atoms with Gasteiger partial charge in [-0.1, -0.05) is 30.3 Å². The second-order valence-corrected chi connectivity index (χ2v) is 8.89. The summed E-state index contributed by atoms with van der Waals surface area (Å²) in [5.41, 5.74) is 9.94. The molecule has 0 spiro atoms. The van der Waals surface area contributed by atoms with Crippen LogP contribution in [-0.2, 0) is 7.05 Å². The third-order valence-corrected chi connectivity index (χ3v) is 6.53. The number of methoxy groups -OCH3 is 2. The van der Waals surface area contributed by atoms with E-state index in [0.29, 0.717) is 51.2 Å². The minimum absolute atomic E-state index is 0.0711. The van der Waals surface area contributed by atoms with Crippen molar-refractivity contribution in [2.24, 2.45) is 7.05 Å². The van der Waals surface area contributed by atoms with Gasteiger partial charge in [0.05, 0.1) is 37.5 Å². The van der Waals surface area contributed by atoms with Gasteiger partial charge in [-0.25, -0.2) is 19.6 Å². The molecule has 5 rings (SSSR count). The Balaban J connectivity index is 1.40. The third kappa shape index (κ3) is 4.75. The Labute approximate surface area is 229 Å². The van der Waals surface area contributed by atoms with E-state index in [-0.39, 0.29) is 11.4 Å². The van der Waals surface area contributed by atoms with Crippen LogP contribution in [0.25, 0.3) is 28.2 Å². The lowest BCUT2D eigenvalue weighted by atomic mass is 10.1. The maximum absolute atomic E-state index is 13.2. The topological polar surface area (TPSA) is 139 Å². The maximum atomic E-state index is 13.2. The second-order valence-electron chi connectivity index (χ2n) is 8.89. The monoisotopic (exact) mass is 537 g/mol. The SMILES string of the molecule is COc1cc(-c2cnc(N)c(-c3ccc(NC(=O)c4c(C)n(C)n(-c5ccccc5)c4=O)cc3)n2)cnc1OC. The highest BCUT2D eigenvalue weighted by molar-refractivity contribution is 6.05. The molecular formula is C29H27N7O4. The van der Waals surface area contributed by atoms with Crippen LogP contribution < -0.4 is 26.1 Å². The van der Waals surface area contributed by atoms with Crippen LogP contribution in [0, 0.1) is 6.92 Å². The lowest BCUT2D eigenvalue weighted by molar-refractivity contribution is 0.102. The van der Waals surface area contributed by atoms with Crippen LogP contribution in [-0.4, -0.2) is 44.4 Å². The summed E-state index contributed by atoms with van der Waals surface area (Å²) in [5.74, 6) is 0.569. The maximum Gasteiger partial charge on any atom is 0.284 e. The molecule has 0 unspecified atom stereocenters. The predicted molar refractivity (Wildman–Crippen MR) is 152 cm³/mol. The molecule has 0 atom stereocenters. The van der Waals surface area contributed by atoms with E-state index in [2.05, 4.69) is 20.3 Å². The fourth-order valence-electron chi connectivity index (χ4n) is 4.36. The molecule has 40 heavy (non-hydrogen) atoms. The first-order valence-electron chi connectivity index (χ1n) is 12.3. The van der Waals surface area contributed by atoms with Crippen molar-refractivity contribution in [3.8, 4) is 39.8 Å². The minimum Gasteiger partial charge on any atom is -0.491 e. The van der Waals surface area contributed by atoms with Crippen LogP contribution >= 0.6 is 0 Å². The van der Waals surface area contributed by atoms with E-state index in [4.69, 9.17) is 15.2 Å². The van der Waals surface area contributed by atoms with Gasteiger partial charge in [0.15, 0.2) is 5.75 Å². The lowest BCUT2D eigenvalue weighted by Crippen LogP contribution is -2.25. The minimum atomic E-state index is -0.497. The van der Waals surface area contributed by atoms with Crippen LogP contribution in [0.4, 0.5) is 11.5 Å². The fourth-order valence-corrected chi connectivity index (χ4v) is 4.36. The summed E-state index contributed by atoms with van der Waals surface area (Å²) in [6.45, 7) is 1.74. The molecule has 11 heteroatoms. The summed E-state index contributed by atoms with van der Waals surface area (Å²) in [4.78, 5) is 39.6. The summed E-state index contributed by atoms with van der Waals surface area (Å²) >= 11 is 0. The van der Waals surface area contributed by atoms with Crippen molar-refractivity contribution in [2.45, 2.75) is 6.92 Å². The summed E-state index contributed by atoms with van der Waals surface area (Å²) in [6, 6.07) is 17.9. The zero-order valence-electron chi connectivity index (χ0n) is 22.4. The number of anilines is 2. The van der Waals surface area contributed by atoms with Gasteiger partial charge in [0.25, 0.3) is 17.3 Å². The Kier molecular flexibility index (Phi) is 7.02. The number of aromatic nitrogens is 5. The van der Waals surface area contributed by atoms with Gasteiger partial charge in [0.1, 0.15) is 17.1 Å². The van der Waals surface area contributed by atoms with E-state index in [0.717, 1.165) is 0 Å². The van der Waals surface area contributed by atoms with Crippen molar-refractivity contribution in [1.29, 1.82) is 0 Å². The molecule has 3 aromatic heterocycles. The number of carbonyl (C=O) groups excluding carboxylic acids is 1. The number of nitrogens with two attached hydrogens (primary N) is 1. The van der Waals surface area contributed by atoms with E-state index >= 15 is 0 Å². The first-order valence-corrected chi connectivity index (χ1v) is 12.3. The number of hydrogen-bond acceptors (Lipinski definition) is 8. The molecule has 3 heterocycles. The molecule has 0 bridgehead atoms. The Bertz CT molecular complexity index is 1760. The van der Waals surface area contributed by atoms with E-state index in [1.165, 1.54) is 18.9 Å². The van der Waals surface area contributed by atoms with Crippen LogP contribution in [0.1, 0.15) is 16.1 Å². The van der Waals surface area contributed by atoms with Gasteiger partial charge in [0, 0.05) is 30.1 Å². The lowest BCUT2D eigenvalue weighted by Gasteiger charge is -2.11. The molecule has 0 aliphatic carbocycles. The van der Waals surface area contributed by atoms with E-state index < -0.39 is 11.5 Å². The Morgan fingerprint density at radius 1 is 0.950 bits per heavy atom. The summed E-state index contributed by atoms with van der Waals surface area (Å²) < 4.78 is 13.7.